The first-order valence-electron chi connectivity index (χ1n) is 8.10. The number of aromatic nitrogens is 1. The highest BCUT2D eigenvalue weighted by Crippen LogP contribution is 2.11. The van der Waals surface area contributed by atoms with Crippen LogP contribution < -0.4 is 5.32 Å². The number of hydrogen-bond donors (Lipinski definition) is 1. The highest BCUT2D eigenvalue weighted by molar-refractivity contribution is 8.00. The smallest absolute Gasteiger partial charge is 0.235 e. The highest BCUT2D eigenvalue weighted by Gasteiger charge is 2.12. The molecule has 1 aromatic heterocycles. The van der Waals surface area contributed by atoms with Crippen molar-refractivity contribution in [3.8, 4) is 0 Å². The molecule has 0 aliphatic carbocycles. The van der Waals surface area contributed by atoms with Crippen molar-refractivity contribution in [1.82, 2.24) is 10.1 Å². The fourth-order valence-corrected chi connectivity index (χ4v) is 2.94. The summed E-state index contributed by atoms with van der Waals surface area (Å²) in [5.74, 6) is 1.26. The predicted octanol–water partition coefficient (Wildman–Crippen LogP) is 2.88. The Hall–Kier alpha value is -2.28. The molecule has 7 heteroatoms. The topological polar surface area (TPSA) is 75.4 Å². The molecule has 0 bridgehead atoms. The number of hydrogen-bond acceptors (Lipinski definition) is 5. The lowest BCUT2D eigenvalue weighted by Gasteiger charge is -2.17. The first-order valence-corrected chi connectivity index (χ1v) is 9.26. The maximum atomic E-state index is 12.2. The average Bonchev–Trinajstić information content (AvgIpc) is 3.00. The third-order valence-corrected chi connectivity index (χ3v) is 4.55. The van der Waals surface area contributed by atoms with Gasteiger partial charge in [0, 0.05) is 19.7 Å². The summed E-state index contributed by atoms with van der Waals surface area (Å²) in [6.45, 7) is 4.43. The fourth-order valence-electron chi connectivity index (χ4n) is 2.19. The third kappa shape index (κ3) is 6.26. The van der Waals surface area contributed by atoms with E-state index >= 15 is 0 Å². The van der Waals surface area contributed by atoms with E-state index in [2.05, 4.69) is 29.5 Å². The molecule has 0 saturated carbocycles. The minimum Gasteiger partial charge on any atom is -0.360 e. The van der Waals surface area contributed by atoms with Gasteiger partial charge in [0.05, 0.1) is 11.5 Å². The molecule has 25 heavy (non-hydrogen) atoms. The number of anilines is 1. The van der Waals surface area contributed by atoms with Gasteiger partial charge in [-0.1, -0.05) is 36.3 Å². The largest absolute Gasteiger partial charge is 0.360 e. The SMILES string of the molecule is CCc1ccc(CN(C)C(=O)CSCC(=O)Nc2cc(C)on2)cc1. The second-order valence-electron chi connectivity index (χ2n) is 5.78. The van der Waals surface area contributed by atoms with Crippen LogP contribution in [0.3, 0.4) is 0 Å². The Balaban J connectivity index is 1.70. The number of carbonyl (C=O) groups is 2. The van der Waals surface area contributed by atoms with Gasteiger partial charge in [-0.2, -0.15) is 0 Å². The lowest BCUT2D eigenvalue weighted by molar-refractivity contribution is -0.127. The molecular formula is C18H23N3O3S. The van der Waals surface area contributed by atoms with Gasteiger partial charge in [-0.05, 0) is 24.5 Å². The highest BCUT2D eigenvalue weighted by atomic mass is 32.2. The lowest BCUT2D eigenvalue weighted by Crippen LogP contribution is -2.28. The Morgan fingerprint density at radius 3 is 2.48 bits per heavy atom. The van der Waals surface area contributed by atoms with Crippen molar-refractivity contribution in [1.29, 1.82) is 0 Å². The van der Waals surface area contributed by atoms with Crippen molar-refractivity contribution in [2.45, 2.75) is 26.8 Å². The van der Waals surface area contributed by atoms with Crippen molar-refractivity contribution in [3.63, 3.8) is 0 Å². The van der Waals surface area contributed by atoms with Gasteiger partial charge in [-0.3, -0.25) is 9.59 Å². The number of carbonyl (C=O) groups excluding carboxylic acids is 2. The summed E-state index contributed by atoms with van der Waals surface area (Å²) in [6.07, 6.45) is 1.00. The number of benzene rings is 1. The van der Waals surface area contributed by atoms with Crippen LogP contribution in [0.1, 0.15) is 23.8 Å². The van der Waals surface area contributed by atoms with Gasteiger partial charge >= 0.3 is 0 Å². The maximum Gasteiger partial charge on any atom is 0.235 e. The standard InChI is InChI=1S/C18H23N3O3S/c1-4-14-5-7-15(8-6-14)10-21(3)18(23)12-25-11-17(22)19-16-9-13(2)24-20-16/h5-9H,4,10-12H2,1-3H3,(H,19,20,22). The summed E-state index contributed by atoms with van der Waals surface area (Å²) in [5, 5.41) is 6.32. The van der Waals surface area contributed by atoms with Crippen LogP contribution in [0.4, 0.5) is 5.82 Å². The molecule has 1 N–H and O–H groups in total. The monoisotopic (exact) mass is 361 g/mol. The molecule has 1 heterocycles. The van der Waals surface area contributed by atoms with Gasteiger partial charge in [-0.15, -0.1) is 11.8 Å². The first kappa shape index (κ1) is 19.1. The van der Waals surface area contributed by atoms with E-state index in [0.717, 1.165) is 12.0 Å². The number of aryl methyl sites for hydroxylation is 2. The van der Waals surface area contributed by atoms with E-state index in [1.165, 1.54) is 17.3 Å². The Morgan fingerprint density at radius 2 is 1.88 bits per heavy atom. The molecule has 0 fully saturated rings. The number of rotatable bonds is 8. The molecule has 0 saturated heterocycles. The minimum absolute atomic E-state index is 0.00495. The van der Waals surface area contributed by atoms with Crippen LogP contribution in [0, 0.1) is 6.92 Å². The number of amides is 2. The van der Waals surface area contributed by atoms with Gasteiger partial charge in [0.15, 0.2) is 5.82 Å². The summed E-state index contributed by atoms with van der Waals surface area (Å²) >= 11 is 1.28. The van der Waals surface area contributed by atoms with E-state index in [1.54, 1.807) is 24.9 Å². The molecule has 2 rings (SSSR count). The Kier molecular flexibility index (Phi) is 7.06. The quantitative estimate of drug-likeness (QED) is 0.782. The summed E-state index contributed by atoms with van der Waals surface area (Å²) in [5.41, 5.74) is 2.37. The average molecular weight is 361 g/mol. The van der Waals surface area contributed by atoms with Gasteiger partial charge < -0.3 is 14.7 Å². The van der Waals surface area contributed by atoms with Crippen LogP contribution in [-0.4, -0.2) is 40.4 Å². The number of nitrogens with one attached hydrogen (secondary N) is 1. The zero-order chi connectivity index (χ0) is 18.2. The van der Waals surface area contributed by atoms with Gasteiger partial charge in [0.25, 0.3) is 0 Å². The zero-order valence-corrected chi connectivity index (χ0v) is 15.6. The Bertz CT molecular complexity index is 713. The molecule has 0 spiro atoms. The van der Waals surface area contributed by atoms with E-state index in [0.29, 0.717) is 18.1 Å². The second-order valence-corrected chi connectivity index (χ2v) is 6.77. The summed E-state index contributed by atoms with van der Waals surface area (Å²) < 4.78 is 4.88. The van der Waals surface area contributed by atoms with Crippen molar-refractivity contribution in [3.05, 3.63) is 47.2 Å². The van der Waals surface area contributed by atoms with E-state index in [4.69, 9.17) is 4.52 Å². The van der Waals surface area contributed by atoms with Gasteiger partial charge in [-0.25, -0.2) is 0 Å². The third-order valence-electron chi connectivity index (χ3n) is 3.63. The van der Waals surface area contributed by atoms with E-state index in [9.17, 15) is 9.59 Å². The molecule has 0 aliphatic rings. The van der Waals surface area contributed by atoms with Crippen molar-refractivity contribution < 1.29 is 14.1 Å². The van der Waals surface area contributed by atoms with Crippen LogP contribution in [0.25, 0.3) is 0 Å². The number of nitrogens with zero attached hydrogens (tertiary/aromatic N) is 2. The van der Waals surface area contributed by atoms with Crippen molar-refractivity contribution >= 4 is 29.4 Å². The fraction of sp³-hybridized carbons (Fsp3) is 0.389. The Labute approximate surface area is 151 Å². The van der Waals surface area contributed by atoms with Crippen LogP contribution in [-0.2, 0) is 22.6 Å². The molecular weight excluding hydrogens is 338 g/mol. The zero-order valence-electron chi connectivity index (χ0n) is 14.7. The molecule has 6 nitrogen and oxygen atoms in total. The summed E-state index contributed by atoms with van der Waals surface area (Å²) in [7, 11) is 1.77. The van der Waals surface area contributed by atoms with E-state index in [1.807, 2.05) is 12.1 Å². The normalized spacial score (nSPS) is 10.5. The molecule has 0 atom stereocenters. The van der Waals surface area contributed by atoms with E-state index in [-0.39, 0.29) is 23.3 Å². The first-order chi connectivity index (χ1) is 12.0. The summed E-state index contributed by atoms with van der Waals surface area (Å²) in [6, 6.07) is 9.90. The number of thioether (sulfide) groups is 1. The lowest BCUT2D eigenvalue weighted by atomic mass is 10.1. The minimum atomic E-state index is -0.205. The molecule has 2 amide bonds. The second kappa shape index (κ2) is 9.27. The predicted molar refractivity (Wildman–Crippen MR) is 99.5 cm³/mol. The molecule has 1 aromatic carbocycles. The van der Waals surface area contributed by atoms with Crippen molar-refractivity contribution in [2.75, 3.05) is 23.9 Å². The van der Waals surface area contributed by atoms with Crippen LogP contribution >= 0.6 is 11.8 Å². The molecule has 0 radical (unpaired) electrons. The van der Waals surface area contributed by atoms with Crippen LogP contribution in [0.5, 0.6) is 0 Å². The molecule has 0 aliphatic heterocycles. The van der Waals surface area contributed by atoms with Crippen LogP contribution in [0.2, 0.25) is 0 Å². The molecule has 134 valence electrons. The summed E-state index contributed by atoms with van der Waals surface area (Å²) in [4.78, 5) is 25.6. The maximum absolute atomic E-state index is 12.2. The van der Waals surface area contributed by atoms with Gasteiger partial charge in [0.2, 0.25) is 11.8 Å². The van der Waals surface area contributed by atoms with E-state index < -0.39 is 0 Å². The Morgan fingerprint density at radius 1 is 1.20 bits per heavy atom. The van der Waals surface area contributed by atoms with Gasteiger partial charge in [0.1, 0.15) is 5.76 Å². The molecule has 2 aromatic rings. The van der Waals surface area contributed by atoms with Crippen molar-refractivity contribution in [2.24, 2.45) is 0 Å². The van der Waals surface area contributed by atoms with Crippen LogP contribution in [0.15, 0.2) is 34.9 Å². The molecule has 0 unspecified atom stereocenters.